The number of carbonyl (C=O) groups excluding carboxylic acids is 1. The summed E-state index contributed by atoms with van der Waals surface area (Å²) in [6.07, 6.45) is 4.08. The van der Waals surface area contributed by atoms with E-state index < -0.39 is 0 Å². The molecule has 0 heterocycles. The first-order valence-electron chi connectivity index (χ1n) is 6.86. The predicted molar refractivity (Wildman–Crippen MR) is 101 cm³/mol. The summed E-state index contributed by atoms with van der Waals surface area (Å²) in [5, 5.41) is 2.98. The van der Waals surface area contributed by atoms with Gasteiger partial charge in [0.25, 0.3) is 0 Å². The standard InChI is InChI=1S/C17H19NOS3/c1-20-14-9-7-13(8-10-14)11-22-12-17(19)18-15-5-3-4-6-16(15)21-2/h3-10H,11-12H2,1-2H3,(H,18,19). The highest BCUT2D eigenvalue weighted by Crippen LogP contribution is 2.25. The number of hydrogen-bond donors (Lipinski definition) is 1. The lowest BCUT2D eigenvalue weighted by Crippen LogP contribution is -2.14. The van der Waals surface area contributed by atoms with Crippen molar-refractivity contribution in [3.8, 4) is 0 Å². The van der Waals surface area contributed by atoms with Crippen LogP contribution in [0.25, 0.3) is 0 Å². The summed E-state index contributed by atoms with van der Waals surface area (Å²) in [6.45, 7) is 0. The number of rotatable bonds is 7. The molecule has 22 heavy (non-hydrogen) atoms. The van der Waals surface area contributed by atoms with Crippen LogP contribution < -0.4 is 5.32 Å². The highest BCUT2D eigenvalue weighted by atomic mass is 32.2. The number of carbonyl (C=O) groups is 1. The van der Waals surface area contributed by atoms with Gasteiger partial charge in [0.05, 0.1) is 11.4 Å². The number of hydrogen-bond acceptors (Lipinski definition) is 4. The highest BCUT2D eigenvalue weighted by Gasteiger charge is 2.06. The molecule has 2 aromatic rings. The molecule has 1 N–H and O–H groups in total. The first-order chi connectivity index (χ1) is 10.7. The number of benzene rings is 2. The molecule has 116 valence electrons. The van der Waals surface area contributed by atoms with Crippen LogP contribution in [0.3, 0.4) is 0 Å². The molecule has 0 saturated heterocycles. The van der Waals surface area contributed by atoms with Crippen molar-refractivity contribution >= 4 is 46.9 Å². The topological polar surface area (TPSA) is 29.1 Å². The summed E-state index contributed by atoms with van der Waals surface area (Å²) in [5.41, 5.74) is 2.14. The fraction of sp³-hybridized carbons (Fsp3) is 0.235. The molecule has 0 unspecified atom stereocenters. The Bertz CT molecular complexity index is 614. The maximum atomic E-state index is 12.0. The van der Waals surface area contributed by atoms with Crippen LogP contribution >= 0.6 is 35.3 Å². The average molecular weight is 350 g/mol. The molecule has 0 aliphatic rings. The summed E-state index contributed by atoms with van der Waals surface area (Å²) in [7, 11) is 0. The van der Waals surface area contributed by atoms with Crippen LogP contribution in [-0.2, 0) is 10.5 Å². The van der Waals surface area contributed by atoms with E-state index in [1.165, 1.54) is 10.5 Å². The molecule has 1 amide bonds. The van der Waals surface area contributed by atoms with Gasteiger partial charge in [-0.1, -0.05) is 24.3 Å². The van der Waals surface area contributed by atoms with Crippen molar-refractivity contribution < 1.29 is 4.79 Å². The molecule has 5 heteroatoms. The van der Waals surface area contributed by atoms with Gasteiger partial charge in [-0.3, -0.25) is 4.79 Å². The SMILES string of the molecule is CSc1ccc(CSCC(=O)Nc2ccccc2SC)cc1. The third-order valence-corrected chi connectivity index (χ3v) is 5.59. The first kappa shape index (κ1) is 17.3. The predicted octanol–water partition coefficient (Wildman–Crippen LogP) is 5.00. The van der Waals surface area contributed by atoms with Crippen LogP contribution in [0.15, 0.2) is 58.3 Å². The van der Waals surface area contributed by atoms with E-state index >= 15 is 0 Å². The summed E-state index contributed by atoms with van der Waals surface area (Å²) in [6, 6.07) is 16.4. The van der Waals surface area contributed by atoms with Gasteiger partial charge in [0.15, 0.2) is 0 Å². The zero-order chi connectivity index (χ0) is 15.8. The molecule has 0 radical (unpaired) electrons. The van der Waals surface area contributed by atoms with Gasteiger partial charge in [0.2, 0.25) is 5.91 Å². The molecule has 0 aromatic heterocycles. The number of thioether (sulfide) groups is 3. The molecular formula is C17H19NOS3. The van der Waals surface area contributed by atoms with Crippen molar-refractivity contribution in [1.29, 1.82) is 0 Å². The molecule has 0 spiro atoms. The third-order valence-electron chi connectivity index (χ3n) is 3.04. The molecule has 2 aromatic carbocycles. The van der Waals surface area contributed by atoms with E-state index in [-0.39, 0.29) is 5.91 Å². The van der Waals surface area contributed by atoms with Crippen molar-refractivity contribution in [2.75, 3.05) is 23.6 Å². The lowest BCUT2D eigenvalue weighted by Gasteiger charge is -2.09. The van der Waals surface area contributed by atoms with Crippen LogP contribution in [0, 0.1) is 0 Å². The summed E-state index contributed by atoms with van der Waals surface area (Å²) >= 11 is 5.01. The van der Waals surface area contributed by atoms with Gasteiger partial charge < -0.3 is 5.32 Å². The Hall–Kier alpha value is -1.04. The fourth-order valence-electron chi connectivity index (χ4n) is 1.92. The zero-order valence-electron chi connectivity index (χ0n) is 12.7. The number of anilines is 1. The third kappa shape index (κ3) is 5.30. The van der Waals surface area contributed by atoms with Gasteiger partial charge in [-0.2, -0.15) is 0 Å². The first-order valence-corrected chi connectivity index (χ1v) is 10.5. The number of nitrogens with one attached hydrogen (secondary N) is 1. The lowest BCUT2D eigenvalue weighted by molar-refractivity contribution is -0.113. The zero-order valence-corrected chi connectivity index (χ0v) is 15.1. The summed E-state index contributed by atoms with van der Waals surface area (Å²) in [5.74, 6) is 1.37. The van der Waals surface area contributed by atoms with Crippen LogP contribution in [-0.4, -0.2) is 24.2 Å². The van der Waals surface area contributed by atoms with Crippen molar-refractivity contribution in [3.05, 3.63) is 54.1 Å². The second-order valence-electron chi connectivity index (χ2n) is 4.59. The van der Waals surface area contributed by atoms with Crippen molar-refractivity contribution in [3.63, 3.8) is 0 Å². The van der Waals surface area contributed by atoms with Crippen molar-refractivity contribution in [2.45, 2.75) is 15.5 Å². The minimum absolute atomic E-state index is 0.0484. The molecule has 2 nitrogen and oxygen atoms in total. The van der Waals surface area contributed by atoms with Gasteiger partial charge in [-0.05, 0) is 42.3 Å². The molecule has 0 saturated carbocycles. The second-order valence-corrected chi connectivity index (χ2v) is 7.30. The molecule has 0 bridgehead atoms. The van der Waals surface area contributed by atoms with Gasteiger partial charge in [0.1, 0.15) is 0 Å². The Kier molecular flexibility index (Phi) is 7.22. The minimum atomic E-state index is 0.0484. The molecule has 0 fully saturated rings. The van der Waals surface area contributed by atoms with Gasteiger partial charge in [-0.25, -0.2) is 0 Å². The van der Waals surface area contributed by atoms with E-state index in [1.54, 1.807) is 35.3 Å². The normalized spacial score (nSPS) is 10.5. The monoisotopic (exact) mass is 349 g/mol. The van der Waals surface area contributed by atoms with Gasteiger partial charge in [-0.15, -0.1) is 35.3 Å². The summed E-state index contributed by atoms with van der Waals surface area (Å²) in [4.78, 5) is 14.4. The molecule has 0 aliphatic carbocycles. The van der Waals surface area contributed by atoms with Crippen LogP contribution in [0.5, 0.6) is 0 Å². The maximum absolute atomic E-state index is 12.0. The quantitative estimate of drug-likeness (QED) is 0.712. The van der Waals surface area contributed by atoms with Gasteiger partial charge in [0, 0.05) is 15.5 Å². The van der Waals surface area contributed by atoms with E-state index in [2.05, 4.69) is 35.8 Å². The molecule has 2 rings (SSSR count). The summed E-state index contributed by atoms with van der Waals surface area (Å²) < 4.78 is 0. The lowest BCUT2D eigenvalue weighted by atomic mass is 10.2. The Labute approximate surface area is 144 Å². The Morgan fingerprint density at radius 2 is 1.73 bits per heavy atom. The smallest absolute Gasteiger partial charge is 0.234 e. The Morgan fingerprint density at radius 1 is 1.00 bits per heavy atom. The van der Waals surface area contributed by atoms with Crippen molar-refractivity contribution in [1.82, 2.24) is 0 Å². The van der Waals surface area contributed by atoms with E-state index in [4.69, 9.17) is 0 Å². The van der Waals surface area contributed by atoms with E-state index in [0.717, 1.165) is 16.3 Å². The van der Waals surface area contributed by atoms with Gasteiger partial charge >= 0.3 is 0 Å². The van der Waals surface area contributed by atoms with Crippen molar-refractivity contribution in [2.24, 2.45) is 0 Å². The largest absolute Gasteiger partial charge is 0.324 e. The van der Waals surface area contributed by atoms with Crippen LogP contribution in [0.1, 0.15) is 5.56 Å². The van der Waals surface area contributed by atoms with Crippen LogP contribution in [0.2, 0.25) is 0 Å². The number of para-hydroxylation sites is 1. The average Bonchev–Trinajstić information content (AvgIpc) is 2.56. The van der Waals surface area contributed by atoms with Crippen LogP contribution in [0.4, 0.5) is 5.69 Å². The fourth-order valence-corrected chi connectivity index (χ4v) is 3.67. The maximum Gasteiger partial charge on any atom is 0.234 e. The molecular weight excluding hydrogens is 330 g/mol. The van der Waals surface area contributed by atoms with E-state index in [9.17, 15) is 4.79 Å². The molecule has 0 atom stereocenters. The number of amides is 1. The Morgan fingerprint density at radius 3 is 2.41 bits per heavy atom. The molecule has 0 aliphatic heterocycles. The van der Waals surface area contributed by atoms with E-state index in [0.29, 0.717) is 5.75 Å². The Balaban J connectivity index is 1.80. The van der Waals surface area contributed by atoms with E-state index in [1.807, 2.05) is 30.5 Å². The second kappa shape index (κ2) is 9.18. The highest BCUT2D eigenvalue weighted by molar-refractivity contribution is 7.99. The minimum Gasteiger partial charge on any atom is -0.324 e.